The Morgan fingerprint density at radius 1 is 1.43 bits per heavy atom. The van der Waals surface area contributed by atoms with Crippen molar-refractivity contribution in [3.05, 3.63) is 35.4 Å². The zero-order valence-corrected chi connectivity index (χ0v) is 14.5. The minimum atomic E-state index is -2.59. The van der Waals surface area contributed by atoms with Crippen LogP contribution in [0.25, 0.3) is 5.70 Å². The number of hydrogen-bond donors (Lipinski definition) is 0. The highest BCUT2D eigenvalue weighted by Gasteiger charge is 2.31. The van der Waals surface area contributed by atoms with Crippen LogP contribution < -0.4 is 4.74 Å². The number of allylic oxidation sites excluding steroid dienone is 1. The smallest absolute Gasteiger partial charge is 0.256 e. The standard InChI is InChI=1S/C16H18BrF2NO3/c1-10-7-11(23-9-22-2)3-4-12(10)14-6-5-13(17)16(21)20(14)8-15(18)19/h3-4,6-7,13,15H,5,8-9H2,1-2H3. The predicted molar refractivity (Wildman–Crippen MR) is 86.7 cm³/mol. The molecule has 126 valence electrons. The number of aryl methyl sites for hydroxylation is 1. The molecule has 1 atom stereocenters. The Balaban J connectivity index is 2.32. The van der Waals surface area contributed by atoms with Crippen molar-refractivity contribution >= 4 is 27.5 Å². The first-order valence-electron chi connectivity index (χ1n) is 7.10. The molecular formula is C16H18BrF2NO3. The molecule has 4 nitrogen and oxygen atoms in total. The SMILES string of the molecule is COCOc1ccc(C2=CCC(Br)C(=O)N2CC(F)F)c(C)c1. The second-order valence-corrected chi connectivity index (χ2v) is 6.27. The summed E-state index contributed by atoms with van der Waals surface area (Å²) in [6.45, 7) is 1.36. The maximum atomic E-state index is 12.8. The third-order valence-corrected chi connectivity index (χ3v) is 4.25. The van der Waals surface area contributed by atoms with E-state index in [2.05, 4.69) is 15.9 Å². The van der Waals surface area contributed by atoms with E-state index in [4.69, 9.17) is 9.47 Å². The number of ether oxygens (including phenoxy) is 2. The number of carbonyl (C=O) groups excluding carboxylic acids is 1. The molecular weight excluding hydrogens is 372 g/mol. The van der Waals surface area contributed by atoms with Crippen LogP contribution in [0.4, 0.5) is 8.78 Å². The van der Waals surface area contributed by atoms with Crippen molar-refractivity contribution < 1.29 is 23.0 Å². The Hall–Kier alpha value is -1.47. The van der Waals surface area contributed by atoms with Gasteiger partial charge in [0.1, 0.15) is 5.75 Å². The zero-order valence-electron chi connectivity index (χ0n) is 12.9. The Labute approximate surface area is 142 Å². The van der Waals surface area contributed by atoms with Crippen LogP contribution >= 0.6 is 15.9 Å². The second kappa shape index (κ2) is 7.88. The molecule has 0 radical (unpaired) electrons. The van der Waals surface area contributed by atoms with E-state index in [1.807, 2.05) is 6.92 Å². The summed E-state index contributed by atoms with van der Waals surface area (Å²) in [5.41, 5.74) is 2.09. The van der Waals surface area contributed by atoms with Gasteiger partial charge in [-0.05, 0) is 37.1 Å². The Morgan fingerprint density at radius 2 is 2.17 bits per heavy atom. The quantitative estimate of drug-likeness (QED) is 0.551. The Bertz CT molecular complexity index is 607. The van der Waals surface area contributed by atoms with Crippen LogP contribution in [0.15, 0.2) is 24.3 Å². The molecule has 1 aromatic rings. The first-order chi connectivity index (χ1) is 10.9. The van der Waals surface area contributed by atoms with E-state index >= 15 is 0 Å². The number of carbonyl (C=O) groups is 1. The van der Waals surface area contributed by atoms with Crippen LogP contribution in [0, 0.1) is 6.92 Å². The number of alkyl halides is 3. The molecule has 1 amide bonds. The molecule has 2 rings (SSSR count). The van der Waals surface area contributed by atoms with Gasteiger partial charge in [-0.15, -0.1) is 0 Å². The summed E-state index contributed by atoms with van der Waals surface area (Å²) in [7, 11) is 1.53. The van der Waals surface area contributed by atoms with Gasteiger partial charge in [-0.3, -0.25) is 4.79 Å². The van der Waals surface area contributed by atoms with Crippen molar-refractivity contribution in [3.63, 3.8) is 0 Å². The topological polar surface area (TPSA) is 38.8 Å². The van der Waals surface area contributed by atoms with Gasteiger partial charge in [0.15, 0.2) is 6.79 Å². The van der Waals surface area contributed by atoms with Crippen molar-refractivity contribution in [2.75, 3.05) is 20.4 Å². The minimum Gasteiger partial charge on any atom is -0.468 e. The normalized spacial score (nSPS) is 18.3. The number of nitrogens with zero attached hydrogens (tertiary/aromatic N) is 1. The lowest BCUT2D eigenvalue weighted by Gasteiger charge is -2.32. The maximum absolute atomic E-state index is 12.8. The van der Waals surface area contributed by atoms with E-state index in [0.29, 0.717) is 17.9 Å². The average molecular weight is 390 g/mol. The summed E-state index contributed by atoms with van der Waals surface area (Å²) in [4.78, 5) is 12.9. The Kier molecular flexibility index (Phi) is 6.12. The van der Waals surface area contributed by atoms with E-state index in [1.165, 1.54) is 7.11 Å². The average Bonchev–Trinajstić information content (AvgIpc) is 2.50. The highest BCUT2D eigenvalue weighted by atomic mass is 79.9. The van der Waals surface area contributed by atoms with E-state index in [-0.39, 0.29) is 12.7 Å². The van der Waals surface area contributed by atoms with Gasteiger partial charge in [0.2, 0.25) is 5.91 Å². The van der Waals surface area contributed by atoms with Gasteiger partial charge in [0.05, 0.1) is 11.4 Å². The number of halogens is 3. The predicted octanol–water partition coefficient (Wildman–Crippen LogP) is 3.58. The van der Waals surface area contributed by atoms with Crippen LogP contribution in [-0.2, 0) is 9.53 Å². The van der Waals surface area contributed by atoms with E-state index in [0.717, 1.165) is 16.0 Å². The van der Waals surface area contributed by atoms with Crippen molar-refractivity contribution in [2.45, 2.75) is 24.6 Å². The summed E-state index contributed by atoms with van der Waals surface area (Å²) < 4.78 is 35.9. The lowest BCUT2D eigenvalue weighted by molar-refractivity contribution is -0.129. The van der Waals surface area contributed by atoms with Crippen LogP contribution in [0.5, 0.6) is 5.75 Å². The molecule has 0 aromatic heterocycles. The maximum Gasteiger partial charge on any atom is 0.256 e. The number of hydrogen-bond acceptors (Lipinski definition) is 3. The van der Waals surface area contributed by atoms with Crippen molar-refractivity contribution in [1.29, 1.82) is 0 Å². The summed E-state index contributed by atoms with van der Waals surface area (Å²) >= 11 is 3.23. The first-order valence-corrected chi connectivity index (χ1v) is 8.02. The van der Waals surface area contributed by atoms with Crippen LogP contribution in [0.1, 0.15) is 17.5 Å². The molecule has 1 aliphatic heterocycles. The second-order valence-electron chi connectivity index (χ2n) is 5.16. The summed E-state index contributed by atoms with van der Waals surface area (Å²) in [5, 5.41) is 0. The third kappa shape index (κ3) is 4.29. The fraction of sp³-hybridized carbons (Fsp3) is 0.438. The molecule has 23 heavy (non-hydrogen) atoms. The number of rotatable bonds is 6. The number of amides is 1. The van der Waals surface area contributed by atoms with Gasteiger partial charge >= 0.3 is 0 Å². The molecule has 0 bridgehead atoms. The van der Waals surface area contributed by atoms with E-state index in [9.17, 15) is 13.6 Å². The number of methoxy groups -OCH3 is 1. The monoisotopic (exact) mass is 389 g/mol. The van der Waals surface area contributed by atoms with Crippen molar-refractivity contribution in [2.24, 2.45) is 0 Å². The molecule has 0 saturated heterocycles. The van der Waals surface area contributed by atoms with Gasteiger partial charge in [0.25, 0.3) is 6.43 Å². The summed E-state index contributed by atoms with van der Waals surface area (Å²) in [6, 6.07) is 5.29. The van der Waals surface area contributed by atoms with Crippen LogP contribution in [0.3, 0.4) is 0 Å². The van der Waals surface area contributed by atoms with Crippen molar-refractivity contribution in [1.82, 2.24) is 4.90 Å². The summed E-state index contributed by atoms with van der Waals surface area (Å²) in [6.07, 6.45) is -0.319. The first kappa shape index (κ1) is 17.9. The molecule has 1 unspecified atom stereocenters. The molecule has 7 heteroatoms. The van der Waals surface area contributed by atoms with Gasteiger partial charge in [-0.25, -0.2) is 8.78 Å². The molecule has 0 fully saturated rings. The number of benzene rings is 1. The molecule has 0 aliphatic carbocycles. The fourth-order valence-corrected chi connectivity index (χ4v) is 2.87. The highest BCUT2D eigenvalue weighted by molar-refractivity contribution is 9.10. The van der Waals surface area contributed by atoms with Gasteiger partial charge in [-0.1, -0.05) is 22.0 Å². The van der Waals surface area contributed by atoms with Gasteiger partial charge in [-0.2, -0.15) is 0 Å². The minimum absolute atomic E-state index is 0.128. The lowest BCUT2D eigenvalue weighted by atomic mass is 10.00. The lowest BCUT2D eigenvalue weighted by Crippen LogP contribution is -2.41. The Morgan fingerprint density at radius 3 is 2.78 bits per heavy atom. The van der Waals surface area contributed by atoms with E-state index < -0.39 is 17.8 Å². The molecule has 1 aromatic carbocycles. The molecule has 0 N–H and O–H groups in total. The third-order valence-electron chi connectivity index (χ3n) is 3.48. The van der Waals surface area contributed by atoms with E-state index in [1.54, 1.807) is 24.3 Å². The zero-order chi connectivity index (χ0) is 17.0. The molecule has 0 spiro atoms. The fourth-order valence-electron chi connectivity index (χ4n) is 2.44. The summed E-state index contributed by atoms with van der Waals surface area (Å²) in [5.74, 6) is 0.275. The molecule has 1 heterocycles. The van der Waals surface area contributed by atoms with Crippen molar-refractivity contribution in [3.8, 4) is 5.75 Å². The van der Waals surface area contributed by atoms with Gasteiger partial charge < -0.3 is 14.4 Å². The van der Waals surface area contributed by atoms with Crippen LogP contribution in [0.2, 0.25) is 0 Å². The molecule has 1 aliphatic rings. The largest absolute Gasteiger partial charge is 0.468 e. The highest BCUT2D eigenvalue weighted by Crippen LogP contribution is 2.32. The van der Waals surface area contributed by atoms with Crippen LogP contribution in [-0.4, -0.2) is 42.5 Å². The van der Waals surface area contributed by atoms with Gasteiger partial charge in [0, 0.05) is 18.4 Å². The molecule has 0 saturated carbocycles.